The zero-order chi connectivity index (χ0) is 17.9. The van der Waals surface area contributed by atoms with Crippen molar-refractivity contribution in [1.82, 2.24) is 15.1 Å². The summed E-state index contributed by atoms with van der Waals surface area (Å²) >= 11 is 0. The van der Waals surface area contributed by atoms with Crippen molar-refractivity contribution in [3.05, 3.63) is 35.4 Å². The smallest absolute Gasteiger partial charge is 0.339 e. The van der Waals surface area contributed by atoms with E-state index in [2.05, 4.69) is 22.2 Å². The van der Waals surface area contributed by atoms with Gasteiger partial charge in [0.2, 0.25) is 0 Å². The molecule has 1 aromatic rings. The van der Waals surface area contributed by atoms with Crippen molar-refractivity contribution >= 4 is 11.9 Å². The van der Waals surface area contributed by atoms with Gasteiger partial charge in [-0.3, -0.25) is 4.79 Å². The zero-order valence-electron chi connectivity index (χ0n) is 15.1. The van der Waals surface area contributed by atoms with Gasteiger partial charge in [0.05, 0.1) is 5.56 Å². The fourth-order valence-corrected chi connectivity index (χ4v) is 3.42. The lowest BCUT2D eigenvalue weighted by atomic mass is 9.89. The maximum absolute atomic E-state index is 12.6. The summed E-state index contributed by atoms with van der Waals surface area (Å²) in [6.07, 6.45) is 1.31. The molecule has 1 unspecified atom stereocenters. The average molecular weight is 345 g/mol. The third kappa shape index (κ3) is 4.19. The molecule has 1 amide bonds. The van der Waals surface area contributed by atoms with Crippen LogP contribution in [-0.2, 0) is 16.0 Å². The molecule has 6 nitrogen and oxygen atoms in total. The lowest BCUT2D eigenvalue weighted by molar-refractivity contribution is -0.139. The number of benzene rings is 1. The van der Waals surface area contributed by atoms with Crippen LogP contribution in [0.3, 0.4) is 0 Å². The van der Waals surface area contributed by atoms with Gasteiger partial charge in [0.25, 0.3) is 5.91 Å². The first-order valence-corrected chi connectivity index (χ1v) is 8.98. The summed E-state index contributed by atoms with van der Waals surface area (Å²) in [6.45, 7) is 7.62. The number of likely N-dealkylation sites (N-methyl/N-ethyl adjacent to an activating group) is 1. The van der Waals surface area contributed by atoms with E-state index in [1.807, 2.05) is 12.1 Å². The minimum absolute atomic E-state index is 0.214. The topological polar surface area (TPSA) is 61.9 Å². The molecular formula is C19H27N3O3. The highest BCUT2D eigenvalue weighted by molar-refractivity contribution is 5.97. The van der Waals surface area contributed by atoms with Crippen LogP contribution in [0.1, 0.15) is 29.3 Å². The molecule has 0 radical (unpaired) electrons. The predicted octanol–water partition coefficient (Wildman–Crippen LogP) is 0.912. The average Bonchev–Trinajstić information content (AvgIpc) is 2.60. The fourth-order valence-electron chi connectivity index (χ4n) is 3.42. The lowest BCUT2D eigenvalue weighted by Gasteiger charge is -2.33. The number of esters is 1. The van der Waals surface area contributed by atoms with Crippen LogP contribution in [0.4, 0.5) is 0 Å². The second-order valence-electron chi connectivity index (χ2n) is 7.21. The number of nitrogens with one attached hydrogen (secondary N) is 1. The summed E-state index contributed by atoms with van der Waals surface area (Å²) in [7, 11) is 2.14. The molecule has 0 saturated carbocycles. The van der Waals surface area contributed by atoms with Gasteiger partial charge in [-0.25, -0.2) is 4.79 Å². The molecule has 6 heteroatoms. The minimum Gasteiger partial charge on any atom is -0.445 e. The SMILES string of the molecule is CN1CCN(CCCNC(=O)C2(C)Cc3ccccc3C(=O)O2)CC1. The number of cyclic esters (lactones) is 1. The number of hydrogen-bond donors (Lipinski definition) is 1. The van der Waals surface area contributed by atoms with E-state index in [0.717, 1.165) is 44.7 Å². The lowest BCUT2D eigenvalue weighted by Crippen LogP contribution is -2.52. The first-order chi connectivity index (χ1) is 12.0. The molecule has 1 N–H and O–H groups in total. The molecule has 1 atom stereocenters. The number of hydrogen-bond acceptors (Lipinski definition) is 5. The van der Waals surface area contributed by atoms with Crippen molar-refractivity contribution in [1.29, 1.82) is 0 Å². The first-order valence-electron chi connectivity index (χ1n) is 8.98. The molecule has 1 saturated heterocycles. The molecule has 0 spiro atoms. The Bertz CT molecular complexity index is 641. The summed E-state index contributed by atoms with van der Waals surface area (Å²) in [5.74, 6) is -0.634. The van der Waals surface area contributed by atoms with Crippen molar-refractivity contribution in [2.75, 3.05) is 46.3 Å². The quantitative estimate of drug-likeness (QED) is 0.635. The number of carbonyl (C=O) groups is 2. The molecular weight excluding hydrogens is 318 g/mol. The van der Waals surface area contributed by atoms with E-state index in [-0.39, 0.29) is 5.91 Å². The number of rotatable bonds is 5. The maximum Gasteiger partial charge on any atom is 0.339 e. The van der Waals surface area contributed by atoms with Crippen LogP contribution in [0, 0.1) is 0 Å². The third-order valence-electron chi connectivity index (χ3n) is 5.10. The van der Waals surface area contributed by atoms with E-state index < -0.39 is 11.6 Å². The van der Waals surface area contributed by atoms with Gasteiger partial charge < -0.3 is 19.9 Å². The van der Waals surface area contributed by atoms with E-state index in [1.165, 1.54) is 0 Å². The summed E-state index contributed by atoms with van der Waals surface area (Å²) in [4.78, 5) is 29.5. The monoisotopic (exact) mass is 345 g/mol. The summed E-state index contributed by atoms with van der Waals surface area (Å²) in [5, 5.41) is 2.94. The Labute approximate surface area is 149 Å². The van der Waals surface area contributed by atoms with Crippen LogP contribution >= 0.6 is 0 Å². The minimum atomic E-state index is -1.13. The Morgan fingerprint density at radius 3 is 2.72 bits per heavy atom. The molecule has 2 aliphatic rings. The normalized spacial score (nSPS) is 24.5. The van der Waals surface area contributed by atoms with Crippen LogP contribution in [-0.4, -0.2) is 73.6 Å². The van der Waals surface area contributed by atoms with Crippen LogP contribution < -0.4 is 5.32 Å². The van der Waals surface area contributed by atoms with Gasteiger partial charge in [-0.2, -0.15) is 0 Å². The molecule has 0 aliphatic carbocycles. The molecule has 1 fully saturated rings. The number of carbonyl (C=O) groups excluding carboxylic acids is 2. The Morgan fingerprint density at radius 2 is 1.96 bits per heavy atom. The Balaban J connectivity index is 1.47. The van der Waals surface area contributed by atoms with Gasteiger partial charge in [-0.1, -0.05) is 18.2 Å². The first kappa shape index (κ1) is 17.9. The molecule has 2 aliphatic heterocycles. The van der Waals surface area contributed by atoms with Crippen LogP contribution in [0.25, 0.3) is 0 Å². The van der Waals surface area contributed by atoms with Crippen molar-refractivity contribution in [3.63, 3.8) is 0 Å². The fraction of sp³-hybridized carbons (Fsp3) is 0.579. The second-order valence-corrected chi connectivity index (χ2v) is 7.21. The maximum atomic E-state index is 12.6. The van der Waals surface area contributed by atoms with Gasteiger partial charge in [0, 0.05) is 39.1 Å². The molecule has 0 bridgehead atoms. The van der Waals surface area contributed by atoms with Gasteiger partial charge in [0.1, 0.15) is 0 Å². The van der Waals surface area contributed by atoms with Gasteiger partial charge in [-0.05, 0) is 38.6 Å². The molecule has 25 heavy (non-hydrogen) atoms. The standard InChI is InChI=1S/C19H27N3O3/c1-19(14-15-6-3-4-7-16(15)17(23)25-19)18(24)20-8-5-9-22-12-10-21(2)11-13-22/h3-4,6-7H,5,8-14H2,1-2H3,(H,20,24). The zero-order valence-corrected chi connectivity index (χ0v) is 15.1. The third-order valence-corrected chi connectivity index (χ3v) is 5.10. The summed E-state index contributed by atoms with van der Waals surface area (Å²) < 4.78 is 5.45. The van der Waals surface area contributed by atoms with Gasteiger partial charge >= 0.3 is 5.97 Å². The van der Waals surface area contributed by atoms with Crippen LogP contribution in [0.15, 0.2) is 24.3 Å². The van der Waals surface area contributed by atoms with Crippen molar-refractivity contribution in [2.24, 2.45) is 0 Å². The van der Waals surface area contributed by atoms with Gasteiger partial charge in [0.15, 0.2) is 5.60 Å². The number of nitrogens with zero attached hydrogens (tertiary/aromatic N) is 2. The van der Waals surface area contributed by atoms with Crippen molar-refractivity contribution in [2.45, 2.75) is 25.4 Å². The number of fused-ring (bicyclic) bond motifs is 1. The van der Waals surface area contributed by atoms with Gasteiger partial charge in [-0.15, -0.1) is 0 Å². The Morgan fingerprint density at radius 1 is 1.24 bits per heavy atom. The second kappa shape index (κ2) is 7.54. The molecule has 2 heterocycles. The molecule has 3 rings (SSSR count). The number of ether oxygens (including phenoxy) is 1. The summed E-state index contributed by atoms with van der Waals surface area (Å²) in [5.41, 5.74) is 0.302. The van der Waals surface area contributed by atoms with E-state index >= 15 is 0 Å². The number of piperazine rings is 1. The van der Waals surface area contributed by atoms with Crippen LogP contribution in [0.5, 0.6) is 0 Å². The van der Waals surface area contributed by atoms with E-state index in [0.29, 0.717) is 18.5 Å². The predicted molar refractivity (Wildman–Crippen MR) is 95.5 cm³/mol. The Kier molecular flexibility index (Phi) is 5.39. The molecule has 0 aromatic heterocycles. The highest BCUT2D eigenvalue weighted by atomic mass is 16.6. The highest BCUT2D eigenvalue weighted by Gasteiger charge is 2.42. The highest BCUT2D eigenvalue weighted by Crippen LogP contribution is 2.28. The number of amides is 1. The molecule has 1 aromatic carbocycles. The van der Waals surface area contributed by atoms with Crippen molar-refractivity contribution < 1.29 is 14.3 Å². The van der Waals surface area contributed by atoms with Crippen LogP contribution in [0.2, 0.25) is 0 Å². The summed E-state index contributed by atoms with van der Waals surface area (Å²) in [6, 6.07) is 7.31. The van der Waals surface area contributed by atoms with E-state index in [9.17, 15) is 9.59 Å². The molecule has 136 valence electrons. The van der Waals surface area contributed by atoms with E-state index in [4.69, 9.17) is 4.74 Å². The largest absolute Gasteiger partial charge is 0.445 e. The van der Waals surface area contributed by atoms with Crippen molar-refractivity contribution in [3.8, 4) is 0 Å². The van der Waals surface area contributed by atoms with E-state index in [1.54, 1.807) is 19.1 Å². The Hall–Kier alpha value is -1.92.